The lowest BCUT2D eigenvalue weighted by molar-refractivity contribution is -0.172. The Kier molecular flexibility index (Phi) is 6.45. The molecule has 12 heteroatoms. The maximum absolute atomic E-state index is 15.4. The summed E-state index contributed by atoms with van der Waals surface area (Å²) in [6.45, 7) is 10.3. The van der Waals surface area contributed by atoms with Crippen LogP contribution in [0.25, 0.3) is 22.3 Å². The van der Waals surface area contributed by atoms with Crippen LogP contribution in [0.15, 0.2) is 16.9 Å². The van der Waals surface area contributed by atoms with Crippen molar-refractivity contribution in [2.75, 3.05) is 31.1 Å². The van der Waals surface area contributed by atoms with Gasteiger partial charge in [0.2, 0.25) is 0 Å². The van der Waals surface area contributed by atoms with E-state index in [0.29, 0.717) is 41.1 Å². The van der Waals surface area contributed by atoms with E-state index in [-0.39, 0.29) is 55.2 Å². The summed E-state index contributed by atoms with van der Waals surface area (Å²) in [5.41, 5.74) is 0.966. The van der Waals surface area contributed by atoms with Crippen molar-refractivity contribution >= 4 is 28.7 Å². The zero-order chi connectivity index (χ0) is 30.1. The van der Waals surface area contributed by atoms with E-state index >= 15 is 4.39 Å². The first kappa shape index (κ1) is 28.0. The first-order valence-corrected chi connectivity index (χ1v) is 14.0. The Morgan fingerprint density at radius 3 is 2.71 bits per heavy atom. The second-order valence-electron chi connectivity index (χ2n) is 11.9. The summed E-state index contributed by atoms with van der Waals surface area (Å²) in [6.07, 6.45) is -0.502. The average molecular weight is 581 g/mol. The van der Waals surface area contributed by atoms with Gasteiger partial charge in [-0.25, -0.2) is 19.0 Å². The predicted octanol–water partition coefficient (Wildman–Crippen LogP) is 3.25. The van der Waals surface area contributed by atoms with Crippen molar-refractivity contribution in [2.24, 2.45) is 0 Å². The number of aryl methyl sites for hydroxylation is 1. The number of hydrogen-bond donors (Lipinski definition) is 2. The lowest BCUT2D eigenvalue weighted by atomic mass is 9.86. The van der Waals surface area contributed by atoms with E-state index in [1.807, 2.05) is 11.8 Å². The number of carbonyl (C=O) groups is 2. The van der Waals surface area contributed by atoms with Crippen LogP contribution in [0.2, 0.25) is 0 Å². The summed E-state index contributed by atoms with van der Waals surface area (Å²) < 4.78 is 33.3. The molecule has 0 radical (unpaired) electrons. The Bertz CT molecular complexity index is 1730. The van der Waals surface area contributed by atoms with Crippen molar-refractivity contribution in [1.29, 1.82) is 0 Å². The van der Waals surface area contributed by atoms with Gasteiger partial charge in [0.15, 0.2) is 17.2 Å². The zero-order valence-electron chi connectivity index (χ0n) is 24.2. The van der Waals surface area contributed by atoms with Gasteiger partial charge in [-0.3, -0.25) is 4.79 Å². The third-order valence-corrected chi connectivity index (χ3v) is 8.11. The molecule has 222 valence electrons. The van der Waals surface area contributed by atoms with Gasteiger partial charge >= 0.3 is 12.1 Å². The fraction of sp³-hybridized carbons (Fsp3) is 0.467. The highest BCUT2D eigenvalue weighted by molar-refractivity contribution is 6.01. The highest BCUT2D eigenvalue weighted by Crippen LogP contribution is 2.46. The van der Waals surface area contributed by atoms with Crippen molar-refractivity contribution in [3.05, 3.63) is 50.6 Å². The van der Waals surface area contributed by atoms with Crippen LogP contribution in [0.5, 0.6) is 5.75 Å². The number of halogens is 1. The normalized spacial score (nSPS) is 18.9. The lowest BCUT2D eigenvalue weighted by Gasteiger charge is -2.33. The molecule has 0 saturated heterocycles. The van der Waals surface area contributed by atoms with Crippen LogP contribution in [-0.4, -0.2) is 58.6 Å². The van der Waals surface area contributed by atoms with Crippen molar-refractivity contribution in [3.8, 4) is 17.1 Å². The molecule has 3 aliphatic rings. The molecule has 2 aromatic heterocycles. The summed E-state index contributed by atoms with van der Waals surface area (Å²) in [6, 6.07) is 2.96. The molecule has 3 aromatic rings. The Labute approximate surface area is 241 Å². The molecule has 0 bridgehead atoms. The number of ether oxygens (including phenoxy) is 3. The molecule has 1 amide bonds. The van der Waals surface area contributed by atoms with Crippen molar-refractivity contribution in [1.82, 2.24) is 14.9 Å². The van der Waals surface area contributed by atoms with Crippen LogP contribution in [0.4, 0.5) is 14.9 Å². The maximum Gasteiger partial charge on any atom is 0.407 e. The molecule has 0 spiro atoms. The number of esters is 1. The summed E-state index contributed by atoms with van der Waals surface area (Å²) in [5.74, 6) is -1.25. The molecule has 42 heavy (non-hydrogen) atoms. The van der Waals surface area contributed by atoms with Gasteiger partial charge in [-0.15, -0.1) is 0 Å². The van der Waals surface area contributed by atoms with Gasteiger partial charge in [0, 0.05) is 35.7 Å². The Hall–Kier alpha value is -4.19. The topological polar surface area (TPSA) is 132 Å². The van der Waals surface area contributed by atoms with E-state index in [2.05, 4.69) is 5.32 Å². The van der Waals surface area contributed by atoms with E-state index < -0.39 is 29.1 Å². The average Bonchev–Trinajstić information content (AvgIpc) is 3.29. The van der Waals surface area contributed by atoms with E-state index in [1.165, 1.54) is 6.07 Å². The molecular weight excluding hydrogens is 547 g/mol. The third kappa shape index (κ3) is 4.27. The highest BCUT2D eigenvalue weighted by atomic mass is 19.1. The summed E-state index contributed by atoms with van der Waals surface area (Å²) in [4.78, 5) is 45.0. The number of anilines is 1. The lowest BCUT2D eigenvalue weighted by Crippen LogP contribution is -2.44. The van der Waals surface area contributed by atoms with Crippen molar-refractivity contribution < 1.29 is 33.3 Å². The molecule has 3 aliphatic heterocycles. The van der Waals surface area contributed by atoms with Crippen molar-refractivity contribution in [2.45, 2.75) is 65.4 Å². The summed E-state index contributed by atoms with van der Waals surface area (Å²) in [5, 5.41) is 14.6. The Morgan fingerprint density at radius 2 is 2.00 bits per heavy atom. The molecule has 5 heterocycles. The number of cyclic esters (lactones) is 1. The van der Waals surface area contributed by atoms with Gasteiger partial charge in [-0.05, 0) is 45.7 Å². The maximum atomic E-state index is 15.4. The number of hydrogen-bond acceptors (Lipinski definition) is 9. The SMILES string of the molecule is CC[C@@]1(O)C(=O)OCc2c1cc1n(c2=O)Cc2c-1nc1cc(F)c3c(c1c2C)N(CCNC(=O)OC(C)(C)C)CCO3. The van der Waals surface area contributed by atoms with Crippen LogP contribution in [0.1, 0.15) is 56.4 Å². The number of carbonyl (C=O) groups excluding carboxylic acids is 2. The molecule has 1 atom stereocenters. The van der Waals surface area contributed by atoms with Gasteiger partial charge < -0.3 is 34.1 Å². The monoisotopic (exact) mass is 580 g/mol. The fourth-order valence-electron chi connectivity index (χ4n) is 6.04. The highest BCUT2D eigenvalue weighted by Gasteiger charge is 2.45. The number of aromatic nitrogens is 2. The second-order valence-corrected chi connectivity index (χ2v) is 11.9. The van der Waals surface area contributed by atoms with E-state index in [9.17, 15) is 19.5 Å². The number of amides is 1. The van der Waals surface area contributed by atoms with Crippen LogP contribution >= 0.6 is 0 Å². The first-order valence-electron chi connectivity index (χ1n) is 14.0. The minimum atomic E-state index is -1.94. The summed E-state index contributed by atoms with van der Waals surface area (Å²) >= 11 is 0. The minimum Gasteiger partial charge on any atom is -0.486 e. The first-order chi connectivity index (χ1) is 19.8. The number of benzene rings is 1. The number of rotatable bonds is 4. The Balaban J connectivity index is 1.44. The standard InChI is InChI=1S/C30H33FN4O7/c1-6-30(39)18-11-21-23-16(13-35(21)26(36)17(18)14-41-27(30)37)15(2)22-20(33-23)12-19(31)25-24(22)34(9-10-40-25)8-7-32-28(38)42-29(3,4)5/h11-12,39H,6-10,13-14H2,1-5H3,(H,32,38)/t30-/m0/s1. The van der Waals surface area contributed by atoms with Crippen molar-refractivity contribution in [3.63, 3.8) is 0 Å². The number of alkyl carbamates (subject to hydrolysis) is 1. The van der Waals surface area contributed by atoms with E-state index in [0.717, 1.165) is 11.1 Å². The van der Waals surface area contributed by atoms with Gasteiger partial charge in [0.1, 0.15) is 18.8 Å². The van der Waals surface area contributed by atoms with Gasteiger partial charge in [-0.1, -0.05) is 6.92 Å². The molecule has 0 unspecified atom stereocenters. The number of pyridine rings is 2. The smallest absolute Gasteiger partial charge is 0.407 e. The quantitative estimate of drug-likeness (QED) is 0.349. The molecular formula is C30H33FN4O7. The fourth-order valence-corrected chi connectivity index (χ4v) is 6.04. The molecule has 11 nitrogen and oxygen atoms in total. The largest absolute Gasteiger partial charge is 0.486 e. The van der Waals surface area contributed by atoms with Crippen LogP contribution in [-0.2, 0) is 33.0 Å². The van der Waals surface area contributed by atoms with Gasteiger partial charge in [0.05, 0.1) is 41.2 Å². The molecule has 0 saturated carbocycles. The number of nitrogens with zero attached hydrogens (tertiary/aromatic N) is 3. The number of aliphatic hydroxyl groups is 1. The van der Waals surface area contributed by atoms with Crippen LogP contribution in [0.3, 0.4) is 0 Å². The molecule has 0 aliphatic carbocycles. The van der Waals surface area contributed by atoms with Crippen LogP contribution in [0, 0.1) is 12.7 Å². The third-order valence-electron chi connectivity index (χ3n) is 8.11. The van der Waals surface area contributed by atoms with E-state index in [1.54, 1.807) is 38.3 Å². The molecule has 1 aromatic carbocycles. The van der Waals surface area contributed by atoms with Gasteiger partial charge in [0.25, 0.3) is 5.56 Å². The predicted molar refractivity (Wildman–Crippen MR) is 151 cm³/mol. The summed E-state index contributed by atoms with van der Waals surface area (Å²) in [7, 11) is 0. The Morgan fingerprint density at radius 1 is 1.24 bits per heavy atom. The second kappa shape index (κ2) is 9.69. The molecule has 2 N–H and O–H groups in total. The minimum absolute atomic E-state index is 0.0364. The van der Waals surface area contributed by atoms with E-state index in [4.69, 9.17) is 19.2 Å². The zero-order valence-corrected chi connectivity index (χ0v) is 24.2. The van der Waals surface area contributed by atoms with Gasteiger partial charge in [-0.2, -0.15) is 0 Å². The number of fused-ring (bicyclic) bond motifs is 7. The van der Waals surface area contributed by atoms with Crippen LogP contribution < -0.4 is 20.5 Å². The molecule has 0 fully saturated rings. The molecule has 6 rings (SSSR count). The number of nitrogens with one attached hydrogen (secondary N) is 1.